The van der Waals surface area contributed by atoms with Gasteiger partial charge in [0.2, 0.25) is 0 Å². The Hall–Kier alpha value is -0.550. The van der Waals surface area contributed by atoms with E-state index in [9.17, 15) is 0 Å². The van der Waals surface area contributed by atoms with Gasteiger partial charge in [-0.25, -0.2) is 4.98 Å². The zero-order valence-corrected chi connectivity index (χ0v) is 9.98. The fraction of sp³-hybridized carbons (Fsp3) is 0.600. The maximum atomic E-state index is 4.52. The smallest absolute Gasteiger partial charge is 0.157 e. The van der Waals surface area contributed by atoms with E-state index >= 15 is 0 Å². The molecule has 80 valence electrons. The van der Waals surface area contributed by atoms with Crippen molar-refractivity contribution in [3.8, 4) is 0 Å². The molecular weight excluding hydrogens is 226 g/mol. The summed E-state index contributed by atoms with van der Waals surface area (Å²) in [6, 6.07) is 0. The van der Waals surface area contributed by atoms with Crippen LogP contribution >= 0.6 is 23.1 Å². The molecule has 3 rings (SSSR count). The van der Waals surface area contributed by atoms with Gasteiger partial charge in [-0.3, -0.25) is 4.99 Å². The number of amidine groups is 1. The van der Waals surface area contributed by atoms with Crippen LogP contribution in [0.3, 0.4) is 0 Å². The molecule has 0 bridgehead atoms. The number of hydrogen-bond donors (Lipinski definition) is 1. The van der Waals surface area contributed by atoms with Gasteiger partial charge in [-0.05, 0) is 18.8 Å². The molecule has 5 heteroatoms. The summed E-state index contributed by atoms with van der Waals surface area (Å²) in [6.45, 7) is 1.83. The van der Waals surface area contributed by atoms with Crippen molar-refractivity contribution in [1.29, 1.82) is 0 Å². The van der Waals surface area contributed by atoms with Crippen molar-refractivity contribution in [1.82, 2.24) is 10.3 Å². The normalized spacial score (nSPS) is 25.3. The predicted molar refractivity (Wildman–Crippen MR) is 65.4 cm³/mol. The third kappa shape index (κ3) is 2.34. The third-order valence-corrected chi connectivity index (χ3v) is 4.81. The van der Waals surface area contributed by atoms with Crippen molar-refractivity contribution in [2.75, 3.05) is 6.54 Å². The molecule has 1 unspecified atom stereocenters. The average molecular weight is 239 g/mol. The summed E-state index contributed by atoms with van der Waals surface area (Å²) in [7, 11) is 0. The van der Waals surface area contributed by atoms with E-state index in [1.807, 2.05) is 23.3 Å². The number of nitrogens with one attached hydrogen (secondary N) is 1. The minimum Gasteiger partial charge on any atom is -0.358 e. The van der Waals surface area contributed by atoms with Gasteiger partial charge in [-0.15, -0.1) is 11.3 Å². The van der Waals surface area contributed by atoms with Crippen LogP contribution in [0, 0.1) is 5.92 Å². The first kappa shape index (κ1) is 9.66. The zero-order valence-electron chi connectivity index (χ0n) is 8.35. The van der Waals surface area contributed by atoms with Gasteiger partial charge in [0.25, 0.3) is 0 Å². The molecule has 2 heterocycles. The zero-order chi connectivity index (χ0) is 10.1. The van der Waals surface area contributed by atoms with E-state index in [1.54, 1.807) is 11.3 Å². The highest BCUT2D eigenvalue weighted by Gasteiger charge is 2.35. The molecule has 1 aliphatic carbocycles. The van der Waals surface area contributed by atoms with Crippen LogP contribution < -0.4 is 5.32 Å². The van der Waals surface area contributed by atoms with E-state index in [0.717, 1.165) is 34.4 Å². The molecule has 0 aromatic carbocycles. The SMILES string of the molecule is c1csc(CNC2=NCC(C3CC3)S2)n1. The van der Waals surface area contributed by atoms with Gasteiger partial charge >= 0.3 is 0 Å². The quantitative estimate of drug-likeness (QED) is 0.878. The summed E-state index contributed by atoms with van der Waals surface area (Å²) in [5, 5.41) is 8.36. The van der Waals surface area contributed by atoms with E-state index in [4.69, 9.17) is 0 Å². The van der Waals surface area contributed by atoms with Gasteiger partial charge in [0.1, 0.15) is 5.01 Å². The molecule has 1 saturated carbocycles. The second-order valence-electron chi connectivity index (χ2n) is 3.92. The van der Waals surface area contributed by atoms with E-state index in [0.29, 0.717) is 0 Å². The fourth-order valence-corrected chi connectivity index (χ4v) is 3.45. The molecule has 2 aliphatic rings. The molecule has 1 N–H and O–H groups in total. The highest BCUT2D eigenvalue weighted by molar-refractivity contribution is 8.14. The predicted octanol–water partition coefficient (Wildman–Crippen LogP) is 2.11. The van der Waals surface area contributed by atoms with Crippen LogP contribution in [0.4, 0.5) is 0 Å². The van der Waals surface area contributed by atoms with Crippen LogP contribution in [0.2, 0.25) is 0 Å². The molecule has 15 heavy (non-hydrogen) atoms. The molecule has 0 spiro atoms. The van der Waals surface area contributed by atoms with Crippen LogP contribution in [0.1, 0.15) is 17.8 Å². The van der Waals surface area contributed by atoms with E-state index in [1.165, 1.54) is 12.8 Å². The monoisotopic (exact) mass is 239 g/mol. The average Bonchev–Trinajstić information content (AvgIpc) is 2.82. The minimum atomic E-state index is 0.754. The molecule has 0 saturated heterocycles. The van der Waals surface area contributed by atoms with Crippen molar-refractivity contribution in [3.05, 3.63) is 16.6 Å². The Morgan fingerprint density at radius 1 is 1.47 bits per heavy atom. The third-order valence-electron chi connectivity index (χ3n) is 2.70. The second kappa shape index (κ2) is 4.14. The Bertz CT molecular complexity index is 357. The Balaban J connectivity index is 1.48. The van der Waals surface area contributed by atoms with Crippen molar-refractivity contribution in [3.63, 3.8) is 0 Å². The lowest BCUT2D eigenvalue weighted by Gasteiger charge is -2.06. The highest BCUT2D eigenvalue weighted by Crippen LogP contribution is 2.41. The first-order valence-corrected chi connectivity index (χ1v) is 7.01. The largest absolute Gasteiger partial charge is 0.358 e. The van der Waals surface area contributed by atoms with Gasteiger partial charge in [0, 0.05) is 16.8 Å². The standard InChI is InChI=1S/C10H13N3S2/c1-2-7(1)8-5-12-10(15-8)13-6-9-11-3-4-14-9/h3-4,7-8H,1-2,5-6H2,(H,12,13). The van der Waals surface area contributed by atoms with E-state index in [2.05, 4.69) is 15.3 Å². The Kier molecular flexibility index (Phi) is 2.66. The van der Waals surface area contributed by atoms with Crippen LogP contribution in [0.25, 0.3) is 0 Å². The van der Waals surface area contributed by atoms with Gasteiger partial charge in [-0.1, -0.05) is 11.8 Å². The summed E-state index contributed by atoms with van der Waals surface area (Å²) in [4.78, 5) is 8.76. The number of hydrogen-bond acceptors (Lipinski definition) is 5. The maximum absolute atomic E-state index is 4.52. The molecule has 1 fully saturated rings. The highest BCUT2D eigenvalue weighted by atomic mass is 32.2. The molecule has 1 aromatic rings. The summed E-state index contributed by atoms with van der Waals surface area (Å²) in [5.41, 5.74) is 0. The Morgan fingerprint density at radius 3 is 3.13 bits per heavy atom. The van der Waals surface area contributed by atoms with Crippen LogP contribution in [-0.4, -0.2) is 21.9 Å². The lowest BCUT2D eigenvalue weighted by molar-refractivity contribution is 0.772. The molecule has 1 aromatic heterocycles. The summed E-state index contributed by atoms with van der Waals surface area (Å²) in [5.74, 6) is 0.943. The number of nitrogens with zero attached hydrogens (tertiary/aromatic N) is 2. The van der Waals surface area contributed by atoms with Gasteiger partial charge in [0.15, 0.2) is 5.17 Å². The van der Waals surface area contributed by atoms with Gasteiger partial charge in [-0.2, -0.15) is 0 Å². The van der Waals surface area contributed by atoms with Crippen molar-refractivity contribution in [2.45, 2.75) is 24.6 Å². The van der Waals surface area contributed by atoms with Crippen LogP contribution in [0.5, 0.6) is 0 Å². The first-order chi connectivity index (χ1) is 7.42. The molecule has 3 nitrogen and oxygen atoms in total. The fourth-order valence-electron chi connectivity index (χ4n) is 1.69. The number of rotatable bonds is 3. The summed E-state index contributed by atoms with van der Waals surface area (Å²) < 4.78 is 0. The lowest BCUT2D eigenvalue weighted by Crippen LogP contribution is -2.19. The Morgan fingerprint density at radius 2 is 2.40 bits per heavy atom. The molecular formula is C10H13N3S2. The van der Waals surface area contributed by atoms with Gasteiger partial charge in [0.05, 0.1) is 13.1 Å². The topological polar surface area (TPSA) is 37.3 Å². The number of aromatic nitrogens is 1. The van der Waals surface area contributed by atoms with E-state index in [-0.39, 0.29) is 0 Å². The second-order valence-corrected chi connectivity index (χ2v) is 6.13. The van der Waals surface area contributed by atoms with Crippen LogP contribution in [-0.2, 0) is 6.54 Å². The molecule has 1 atom stereocenters. The van der Waals surface area contributed by atoms with Crippen molar-refractivity contribution in [2.24, 2.45) is 10.9 Å². The maximum Gasteiger partial charge on any atom is 0.157 e. The first-order valence-electron chi connectivity index (χ1n) is 5.25. The summed E-state index contributed by atoms with van der Waals surface area (Å²) >= 11 is 3.61. The lowest BCUT2D eigenvalue weighted by atomic mass is 10.3. The number of thiazole rings is 1. The van der Waals surface area contributed by atoms with Crippen molar-refractivity contribution >= 4 is 28.3 Å². The minimum absolute atomic E-state index is 0.754. The van der Waals surface area contributed by atoms with E-state index < -0.39 is 0 Å². The summed E-state index contributed by atoms with van der Waals surface area (Å²) in [6.07, 6.45) is 4.66. The van der Waals surface area contributed by atoms with Gasteiger partial charge < -0.3 is 5.32 Å². The molecule has 0 radical (unpaired) electrons. The molecule has 1 aliphatic heterocycles. The number of aliphatic imine (C=N–C) groups is 1. The molecule has 0 amide bonds. The number of thioether (sulfide) groups is 1. The van der Waals surface area contributed by atoms with Crippen molar-refractivity contribution < 1.29 is 0 Å². The Labute approximate surface area is 97.4 Å². The van der Waals surface area contributed by atoms with Crippen LogP contribution in [0.15, 0.2) is 16.6 Å².